The highest BCUT2D eigenvalue weighted by Crippen LogP contribution is 2.38. The number of aryl methyl sites for hydroxylation is 1. The Morgan fingerprint density at radius 2 is 2.23 bits per heavy atom. The van der Waals surface area contributed by atoms with Crippen molar-refractivity contribution in [2.24, 2.45) is 5.92 Å². The quantitative estimate of drug-likeness (QED) is 0.773. The maximum absolute atomic E-state index is 12.3. The van der Waals surface area contributed by atoms with Gasteiger partial charge in [0.1, 0.15) is 11.1 Å². The predicted octanol–water partition coefficient (Wildman–Crippen LogP) is 2.71. The molecule has 0 aromatic carbocycles. The zero-order valence-electron chi connectivity index (χ0n) is 15.2. The Morgan fingerprint density at radius 1 is 1.38 bits per heavy atom. The Bertz CT molecular complexity index is 722. The summed E-state index contributed by atoms with van der Waals surface area (Å²) in [5, 5.41) is 13.0. The van der Waals surface area contributed by atoms with Crippen LogP contribution in [0.4, 0.5) is 5.00 Å². The minimum absolute atomic E-state index is 0.0697. The van der Waals surface area contributed by atoms with Crippen LogP contribution in [0.3, 0.4) is 0 Å². The largest absolute Gasteiger partial charge is 0.466 e. The van der Waals surface area contributed by atoms with Gasteiger partial charge in [0, 0.05) is 24.4 Å². The Hall–Kier alpha value is -1.91. The van der Waals surface area contributed by atoms with Gasteiger partial charge in [-0.2, -0.15) is 5.26 Å². The van der Waals surface area contributed by atoms with Gasteiger partial charge in [0.05, 0.1) is 18.1 Å². The third-order valence-electron chi connectivity index (χ3n) is 5.07. The van der Waals surface area contributed by atoms with Crippen LogP contribution in [0.1, 0.15) is 48.6 Å². The van der Waals surface area contributed by atoms with Crippen molar-refractivity contribution in [1.29, 1.82) is 5.26 Å². The number of hydrogen-bond donors (Lipinski definition) is 1. The lowest BCUT2D eigenvalue weighted by molar-refractivity contribution is -0.149. The minimum Gasteiger partial charge on any atom is -0.466 e. The van der Waals surface area contributed by atoms with E-state index in [0.29, 0.717) is 36.7 Å². The van der Waals surface area contributed by atoms with Crippen LogP contribution in [-0.2, 0) is 27.2 Å². The van der Waals surface area contributed by atoms with Crippen LogP contribution in [0.2, 0.25) is 0 Å². The number of hydrogen-bond acceptors (Lipinski definition) is 6. The number of thiophene rings is 1. The van der Waals surface area contributed by atoms with E-state index in [1.165, 1.54) is 4.88 Å². The van der Waals surface area contributed by atoms with Crippen molar-refractivity contribution >= 4 is 28.2 Å². The molecule has 6 nitrogen and oxygen atoms in total. The zero-order chi connectivity index (χ0) is 18.5. The lowest BCUT2D eigenvalue weighted by Crippen LogP contribution is -2.40. The van der Waals surface area contributed by atoms with Crippen LogP contribution < -0.4 is 5.32 Å². The topological polar surface area (TPSA) is 82.4 Å². The van der Waals surface area contributed by atoms with Gasteiger partial charge in [-0.05, 0) is 51.1 Å². The van der Waals surface area contributed by atoms with Gasteiger partial charge in [0.25, 0.3) is 0 Å². The predicted molar refractivity (Wildman–Crippen MR) is 100 cm³/mol. The SMILES string of the molecule is CCOC(=O)C1CCCN(CCC(=O)Nc2sc3c(c2C#N)CCC3)C1. The van der Waals surface area contributed by atoms with E-state index in [0.717, 1.165) is 44.2 Å². The van der Waals surface area contributed by atoms with E-state index in [2.05, 4.69) is 16.3 Å². The Balaban J connectivity index is 1.50. The molecule has 1 aliphatic heterocycles. The van der Waals surface area contributed by atoms with E-state index in [4.69, 9.17) is 4.74 Å². The van der Waals surface area contributed by atoms with Crippen LogP contribution in [0.15, 0.2) is 0 Å². The second-order valence-electron chi connectivity index (χ2n) is 6.86. The molecule has 1 unspecified atom stereocenters. The minimum atomic E-state index is -0.131. The number of nitrogens with one attached hydrogen (secondary N) is 1. The molecule has 1 aromatic heterocycles. The number of fused-ring (bicyclic) bond motifs is 1. The monoisotopic (exact) mass is 375 g/mol. The summed E-state index contributed by atoms with van der Waals surface area (Å²) < 4.78 is 5.12. The van der Waals surface area contributed by atoms with Crippen molar-refractivity contribution in [3.05, 3.63) is 16.0 Å². The average molecular weight is 375 g/mol. The lowest BCUT2D eigenvalue weighted by atomic mass is 9.98. The number of esters is 1. The van der Waals surface area contributed by atoms with E-state index in [1.807, 2.05) is 6.92 Å². The molecule has 140 valence electrons. The van der Waals surface area contributed by atoms with E-state index in [-0.39, 0.29) is 17.8 Å². The number of nitrogens with zero attached hydrogens (tertiary/aromatic N) is 2. The van der Waals surface area contributed by atoms with Gasteiger partial charge < -0.3 is 15.0 Å². The molecule has 1 amide bonds. The number of carbonyl (C=O) groups is 2. The molecule has 1 aliphatic carbocycles. The molecule has 0 spiro atoms. The highest BCUT2D eigenvalue weighted by atomic mass is 32.1. The molecule has 0 saturated carbocycles. The Kier molecular flexibility index (Phi) is 6.28. The fourth-order valence-corrected chi connectivity index (χ4v) is 5.03. The normalized spacial score (nSPS) is 19.6. The molecule has 2 aliphatic rings. The fourth-order valence-electron chi connectivity index (χ4n) is 3.77. The molecule has 7 heteroatoms. The number of nitriles is 1. The molecular weight excluding hydrogens is 350 g/mol. The standard InChI is InChI=1S/C19H25N3O3S/c1-2-25-19(24)13-5-4-9-22(12-13)10-8-17(23)21-18-15(11-20)14-6-3-7-16(14)26-18/h13H,2-10,12H2,1H3,(H,21,23). The third-order valence-corrected chi connectivity index (χ3v) is 6.27. The van der Waals surface area contributed by atoms with Crippen molar-refractivity contribution in [2.45, 2.75) is 45.4 Å². The summed E-state index contributed by atoms with van der Waals surface area (Å²) in [6.45, 7) is 4.40. The highest BCUT2D eigenvalue weighted by molar-refractivity contribution is 7.16. The Labute approximate surface area is 158 Å². The van der Waals surface area contributed by atoms with Crippen molar-refractivity contribution < 1.29 is 14.3 Å². The van der Waals surface area contributed by atoms with E-state index < -0.39 is 0 Å². The molecule has 2 heterocycles. The molecule has 1 aromatic rings. The van der Waals surface area contributed by atoms with Gasteiger partial charge >= 0.3 is 5.97 Å². The fraction of sp³-hybridized carbons (Fsp3) is 0.632. The van der Waals surface area contributed by atoms with Crippen LogP contribution >= 0.6 is 11.3 Å². The number of anilines is 1. The summed E-state index contributed by atoms with van der Waals surface area (Å²) in [6, 6.07) is 2.25. The summed E-state index contributed by atoms with van der Waals surface area (Å²) in [5.74, 6) is -0.287. The third kappa shape index (κ3) is 4.25. The molecule has 0 radical (unpaired) electrons. The van der Waals surface area contributed by atoms with Gasteiger partial charge in [-0.15, -0.1) is 11.3 Å². The van der Waals surface area contributed by atoms with Gasteiger partial charge in [-0.3, -0.25) is 9.59 Å². The van der Waals surface area contributed by atoms with Crippen molar-refractivity contribution in [1.82, 2.24) is 4.90 Å². The average Bonchev–Trinajstić information content (AvgIpc) is 3.21. The maximum Gasteiger partial charge on any atom is 0.310 e. The first-order valence-corrected chi connectivity index (χ1v) is 10.2. The summed E-state index contributed by atoms with van der Waals surface area (Å²) in [5.41, 5.74) is 1.78. The molecule has 1 saturated heterocycles. The van der Waals surface area contributed by atoms with Crippen LogP contribution in [0.25, 0.3) is 0 Å². The molecular formula is C19H25N3O3S. The first kappa shape index (κ1) is 18.9. The molecule has 1 atom stereocenters. The summed E-state index contributed by atoms with van der Waals surface area (Å²) in [6.07, 6.45) is 5.21. The van der Waals surface area contributed by atoms with Gasteiger partial charge in [0.15, 0.2) is 0 Å². The number of ether oxygens (including phenoxy) is 1. The molecule has 0 bridgehead atoms. The van der Waals surface area contributed by atoms with E-state index in [9.17, 15) is 14.9 Å². The van der Waals surface area contributed by atoms with Crippen LogP contribution in [-0.4, -0.2) is 43.0 Å². The maximum atomic E-state index is 12.3. The number of amides is 1. The summed E-state index contributed by atoms with van der Waals surface area (Å²) >= 11 is 1.54. The molecule has 3 rings (SSSR count). The van der Waals surface area contributed by atoms with E-state index >= 15 is 0 Å². The second-order valence-corrected chi connectivity index (χ2v) is 7.97. The van der Waals surface area contributed by atoms with Gasteiger partial charge in [0.2, 0.25) is 5.91 Å². The van der Waals surface area contributed by atoms with E-state index in [1.54, 1.807) is 11.3 Å². The van der Waals surface area contributed by atoms with Crippen molar-refractivity contribution in [2.75, 3.05) is 31.6 Å². The first-order valence-electron chi connectivity index (χ1n) is 9.35. The lowest BCUT2D eigenvalue weighted by Gasteiger charge is -2.31. The Morgan fingerprint density at radius 3 is 3.00 bits per heavy atom. The van der Waals surface area contributed by atoms with Gasteiger partial charge in [-0.1, -0.05) is 0 Å². The highest BCUT2D eigenvalue weighted by Gasteiger charge is 2.27. The first-order chi connectivity index (χ1) is 12.6. The number of likely N-dealkylation sites (tertiary alicyclic amines) is 1. The number of piperidine rings is 1. The molecule has 1 N–H and O–H groups in total. The summed E-state index contributed by atoms with van der Waals surface area (Å²) in [4.78, 5) is 27.6. The molecule has 1 fully saturated rings. The van der Waals surface area contributed by atoms with Crippen LogP contribution in [0, 0.1) is 17.2 Å². The number of carbonyl (C=O) groups excluding carboxylic acids is 2. The molecule has 26 heavy (non-hydrogen) atoms. The van der Waals surface area contributed by atoms with Crippen molar-refractivity contribution in [3.8, 4) is 6.07 Å². The second kappa shape index (κ2) is 8.65. The smallest absolute Gasteiger partial charge is 0.310 e. The zero-order valence-corrected chi connectivity index (χ0v) is 16.0. The number of rotatable bonds is 6. The van der Waals surface area contributed by atoms with Crippen molar-refractivity contribution in [3.63, 3.8) is 0 Å². The summed E-state index contributed by atoms with van der Waals surface area (Å²) in [7, 11) is 0. The van der Waals surface area contributed by atoms with Crippen LogP contribution in [0.5, 0.6) is 0 Å². The van der Waals surface area contributed by atoms with Gasteiger partial charge in [-0.25, -0.2) is 0 Å².